The van der Waals surface area contributed by atoms with E-state index in [1.54, 1.807) is 26.0 Å². The van der Waals surface area contributed by atoms with Gasteiger partial charge in [0.2, 0.25) is 0 Å². The molecule has 0 heterocycles. The quantitative estimate of drug-likeness (QED) is 0.438. The molecule has 168 valence electrons. The summed E-state index contributed by atoms with van der Waals surface area (Å²) in [4.78, 5) is 24.3. The van der Waals surface area contributed by atoms with Gasteiger partial charge in [-0.1, -0.05) is 42.5 Å². The number of rotatable bonds is 10. The predicted octanol–water partition coefficient (Wildman–Crippen LogP) is 3.38. The van der Waals surface area contributed by atoms with Gasteiger partial charge in [0.25, 0.3) is 0 Å². The van der Waals surface area contributed by atoms with Gasteiger partial charge in [-0.2, -0.15) is 8.42 Å². The van der Waals surface area contributed by atoms with Crippen LogP contribution in [0.1, 0.15) is 37.3 Å². The fourth-order valence-electron chi connectivity index (χ4n) is 2.80. The van der Waals surface area contributed by atoms with Crippen molar-refractivity contribution in [3.05, 3.63) is 65.7 Å². The van der Waals surface area contributed by atoms with Crippen molar-refractivity contribution in [2.24, 2.45) is 0 Å². The van der Waals surface area contributed by atoms with E-state index in [1.807, 2.05) is 30.3 Å². The molecule has 1 atom stereocenters. The van der Waals surface area contributed by atoms with Crippen LogP contribution >= 0.6 is 0 Å². The van der Waals surface area contributed by atoms with Gasteiger partial charge in [0.15, 0.2) is 0 Å². The lowest BCUT2D eigenvalue weighted by atomic mass is 9.95. The summed E-state index contributed by atoms with van der Waals surface area (Å²) in [7, 11) is -3.70. The second-order valence-corrected chi connectivity index (χ2v) is 8.82. The van der Waals surface area contributed by atoms with Crippen LogP contribution in [0.5, 0.6) is 5.75 Å². The third kappa shape index (κ3) is 9.52. The lowest BCUT2D eigenvalue weighted by molar-refractivity contribution is -0.147. The number of amides is 1. The highest BCUT2D eigenvalue weighted by Crippen LogP contribution is 2.25. The number of carbonyl (C=O) groups excluding carboxylic acids is 2. The molecular formula is C22H27NO7S. The van der Waals surface area contributed by atoms with Gasteiger partial charge < -0.3 is 19.0 Å². The van der Waals surface area contributed by atoms with E-state index >= 15 is 0 Å². The highest BCUT2D eigenvalue weighted by Gasteiger charge is 2.20. The molecule has 0 spiro atoms. The number of ether oxygens (including phenoxy) is 2. The first-order valence-corrected chi connectivity index (χ1v) is 11.6. The average Bonchev–Trinajstić information content (AvgIpc) is 2.68. The average molecular weight is 450 g/mol. The van der Waals surface area contributed by atoms with E-state index in [9.17, 15) is 18.0 Å². The number of nitrogens with one attached hydrogen (secondary N) is 1. The maximum absolute atomic E-state index is 12.2. The molecule has 2 aromatic carbocycles. The molecule has 1 amide bonds. The fraction of sp³-hybridized carbons (Fsp3) is 0.364. The van der Waals surface area contributed by atoms with Crippen molar-refractivity contribution in [1.29, 1.82) is 0 Å². The molecule has 2 aromatic rings. The summed E-state index contributed by atoms with van der Waals surface area (Å²) in [6, 6.07) is 15.6. The maximum atomic E-state index is 12.2. The molecule has 0 saturated heterocycles. The van der Waals surface area contributed by atoms with Gasteiger partial charge in [-0.3, -0.25) is 4.79 Å². The Balaban J connectivity index is 2.06. The molecule has 0 aliphatic rings. The standard InChI is InChI=1S/C22H27NO7S/c1-16(2)29-21(24)13-19(18-10-7-11-20(12-18)30-31(3,26)27)14-23-22(25)28-15-17-8-5-4-6-9-17/h4-12,16,19H,13-15H2,1-3H3,(H,23,25). The van der Waals surface area contributed by atoms with Crippen molar-refractivity contribution in [2.75, 3.05) is 12.8 Å². The molecule has 0 fully saturated rings. The summed E-state index contributed by atoms with van der Waals surface area (Å²) in [6.45, 7) is 3.69. The van der Waals surface area contributed by atoms with Crippen LogP contribution in [0.2, 0.25) is 0 Å². The van der Waals surface area contributed by atoms with Crippen LogP contribution < -0.4 is 9.50 Å². The normalized spacial score (nSPS) is 12.1. The van der Waals surface area contributed by atoms with Gasteiger partial charge >= 0.3 is 22.2 Å². The smallest absolute Gasteiger partial charge is 0.407 e. The van der Waals surface area contributed by atoms with Gasteiger partial charge in [0.05, 0.1) is 18.8 Å². The van der Waals surface area contributed by atoms with Crippen molar-refractivity contribution in [3.63, 3.8) is 0 Å². The minimum atomic E-state index is -3.70. The molecule has 1 unspecified atom stereocenters. The minimum Gasteiger partial charge on any atom is -0.463 e. The molecule has 0 aliphatic carbocycles. The Morgan fingerprint density at radius 2 is 1.74 bits per heavy atom. The van der Waals surface area contributed by atoms with Crippen molar-refractivity contribution < 1.29 is 31.7 Å². The Bertz CT molecular complexity index is 974. The maximum Gasteiger partial charge on any atom is 0.407 e. The van der Waals surface area contributed by atoms with Gasteiger partial charge in [-0.15, -0.1) is 0 Å². The topological polar surface area (TPSA) is 108 Å². The van der Waals surface area contributed by atoms with Crippen LogP contribution in [0.4, 0.5) is 4.79 Å². The second-order valence-electron chi connectivity index (χ2n) is 7.24. The number of hydrogen-bond donors (Lipinski definition) is 1. The first-order chi connectivity index (χ1) is 14.6. The zero-order valence-corrected chi connectivity index (χ0v) is 18.6. The van der Waals surface area contributed by atoms with Crippen molar-refractivity contribution in [2.45, 2.75) is 38.9 Å². The second kappa shape index (κ2) is 11.4. The lowest BCUT2D eigenvalue weighted by Gasteiger charge is -2.19. The number of hydrogen-bond acceptors (Lipinski definition) is 7. The molecule has 9 heteroatoms. The first-order valence-electron chi connectivity index (χ1n) is 9.76. The van der Waals surface area contributed by atoms with E-state index in [0.717, 1.165) is 11.8 Å². The van der Waals surface area contributed by atoms with Crippen LogP contribution in [-0.2, 0) is 31.0 Å². The Hall–Kier alpha value is -3.07. The molecule has 0 aliphatic heterocycles. The highest BCUT2D eigenvalue weighted by atomic mass is 32.2. The largest absolute Gasteiger partial charge is 0.463 e. The van der Waals surface area contributed by atoms with E-state index in [1.165, 1.54) is 12.1 Å². The SMILES string of the molecule is CC(C)OC(=O)CC(CNC(=O)OCc1ccccc1)c1cccc(OS(C)(=O)=O)c1. The first kappa shape index (κ1) is 24.2. The van der Waals surface area contributed by atoms with Crippen LogP contribution in [0, 0.1) is 0 Å². The van der Waals surface area contributed by atoms with Crippen LogP contribution in [-0.4, -0.2) is 39.4 Å². The van der Waals surface area contributed by atoms with Crippen molar-refractivity contribution >= 4 is 22.2 Å². The van der Waals surface area contributed by atoms with Gasteiger partial charge in [0, 0.05) is 12.5 Å². The highest BCUT2D eigenvalue weighted by molar-refractivity contribution is 7.86. The lowest BCUT2D eigenvalue weighted by Crippen LogP contribution is -2.30. The van der Waals surface area contributed by atoms with E-state index in [0.29, 0.717) is 5.56 Å². The molecular weight excluding hydrogens is 422 g/mol. The molecule has 0 saturated carbocycles. The Kier molecular flexibility index (Phi) is 8.87. The summed E-state index contributed by atoms with van der Waals surface area (Å²) >= 11 is 0. The monoisotopic (exact) mass is 449 g/mol. The molecule has 0 aromatic heterocycles. The molecule has 0 radical (unpaired) electrons. The van der Waals surface area contributed by atoms with Crippen molar-refractivity contribution in [1.82, 2.24) is 5.32 Å². The number of esters is 1. The summed E-state index contributed by atoms with van der Waals surface area (Å²) in [5, 5.41) is 2.65. The van der Waals surface area contributed by atoms with Gasteiger partial charge in [0.1, 0.15) is 12.4 Å². The fourth-order valence-corrected chi connectivity index (χ4v) is 3.25. The summed E-state index contributed by atoms with van der Waals surface area (Å²) in [5.41, 5.74) is 1.46. The number of alkyl carbamates (subject to hydrolysis) is 1. The van der Waals surface area contributed by atoms with E-state index < -0.39 is 28.1 Å². The van der Waals surface area contributed by atoms with E-state index in [-0.39, 0.29) is 31.4 Å². The Labute approximate surface area is 182 Å². The van der Waals surface area contributed by atoms with Crippen molar-refractivity contribution in [3.8, 4) is 5.75 Å². The molecule has 31 heavy (non-hydrogen) atoms. The third-order valence-corrected chi connectivity index (χ3v) is 4.56. The Morgan fingerprint density at radius 3 is 2.39 bits per heavy atom. The van der Waals surface area contributed by atoms with Gasteiger partial charge in [-0.05, 0) is 37.1 Å². The number of carbonyl (C=O) groups is 2. The minimum absolute atomic E-state index is 0.0144. The van der Waals surface area contributed by atoms with Gasteiger partial charge in [-0.25, -0.2) is 4.79 Å². The van der Waals surface area contributed by atoms with Crippen LogP contribution in [0.25, 0.3) is 0 Å². The Morgan fingerprint density at radius 1 is 1.03 bits per heavy atom. The molecule has 1 N–H and O–H groups in total. The predicted molar refractivity (Wildman–Crippen MR) is 115 cm³/mol. The zero-order valence-electron chi connectivity index (χ0n) is 17.7. The van der Waals surface area contributed by atoms with Crippen LogP contribution in [0.15, 0.2) is 54.6 Å². The number of benzene rings is 2. The zero-order chi connectivity index (χ0) is 22.9. The molecule has 2 rings (SSSR count). The van der Waals surface area contributed by atoms with E-state index in [2.05, 4.69) is 5.32 Å². The third-order valence-electron chi connectivity index (χ3n) is 4.06. The van der Waals surface area contributed by atoms with E-state index in [4.69, 9.17) is 13.7 Å². The summed E-state index contributed by atoms with van der Waals surface area (Å²) < 4.78 is 38.2. The molecule has 0 bridgehead atoms. The van der Waals surface area contributed by atoms with Crippen LogP contribution in [0.3, 0.4) is 0 Å². The molecule has 8 nitrogen and oxygen atoms in total. The summed E-state index contributed by atoms with van der Waals surface area (Å²) in [6.07, 6.45) is 0.0208. The summed E-state index contributed by atoms with van der Waals surface area (Å²) in [5.74, 6) is -0.790.